The minimum absolute atomic E-state index is 0.359. The van der Waals surface area contributed by atoms with Gasteiger partial charge in [-0.2, -0.15) is 0 Å². The van der Waals surface area contributed by atoms with Crippen LogP contribution in [0.15, 0.2) is 4.47 Å². The van der Waals surface area contributed by atoms with Crippen LogP contribution in [-0.2, 0) is 6.42 Å². The number of fused-ring (bicyclic) bond motifs is 1. The standard InChI is InChI=1S/C8H8BrClN2O/c9-5-6(10)8(11)12-4-2-1-3-13-7(4)5/h1-3H2,(H2,11,12). The number of nitrogen functional groups attached to an aromatic ring is 1. The minimum Gasteiger partial charge on any atom is -0.490 e. The zero-order chi connectivity index (χ0) is 9.42. The van der Waals surface area contributed by atoms with Gasteiger partial charge >= 0.3 is 0 Å². The predicted octanol–water partition coefficient (Wildman–Crippen LogP) is 2.40. The molecule has 0 radical (unpaired) electrons. The van der Waals surface area contributed by atoms with E-state index in [1.54, 1.807) is 0 Å². The Morgan fingerprint density at radius 3 is 3.08 bits per heavy atom. The molecule has 0 aromatic carbocycles. The van der Waals surface area contributed by atoms with Gasteiger partial charge in [0.15, 0.2) is 5.75 Å². The Kier molecular flexibility index (Phi) is 2.34. The van der Waals surface area contributed by atoms with Crippen molar-refractivity contribution in [3.05, 3.63) is 15.2 Å². The molecule has 0 bridgehead atoms. The van der Waals surface area contributed by atoms with Crippen molar-refractivity contribution < 1.29 is 4.74 Å². The molecular formula is C8H8BrClN2O. The average molecular weight is 264 g/mol. The highest BCUT2D eigenvalue weighted by molar-refractivity contribution is 9.10. The molecule has 13 heavy (non-hydrogen) atoms. The van der Waals surface area contributed by atoms with Gasteiger partial charge in [-0.05, 0) is 28.8 Å². The normalized spacial score (nSPS) is 14.9. The van der Waals surface area contributed by atoms with Gasteiger partial charge in [0.2, 0.25) is 0 Å². The molecule has 0 saturated carbocycles. The van der Waals surface area contributed by atoms with Crippen molar-refractivity contribution in [2.45, 2.75) is 12.8 Å². The molecule has 5 heteroatoms. The molecule has 1 aliphatic rings. The summed E-state index contributed by atoms with van der Waals surface area (Å²) in [5, 5.41) is 0.431. The first-order valence-corrected chi connectivity index (χ1v) is 5.13. The third kappa shape index (κ3) is 1.48. The Labute approximate surface area is 89.4 Å². The second-order valence-corrected chi connectivity index (χ2v) is 4.02. The molecule has 0 atom stereocenters. The number of aromatic nitrogens is 1. The summed E-state index contributed by atoms with van der Waals surface area (Å²) in [5.41, 5.74) is 6.51. The summed E-state index contributed by atoms with van der Waals surface area (Å²) in [4.78, 5) is 4.16. The topological polar surface area (TPSA) is 48.1 Å². The van der Waals surface area contributed by atoms with Gasteiger partial charge in [0, 0.05) is 0 Å². The number of nitrogens with zero attached hydrogens (tertiary/aromatic N) is 1. The molecular weight excluding hydrogens is 255 g/mol. The van der Waals surface area contributed by atoms with E-state index in [4.69, 9.17) is 22.1 Å². The number of halogens is 2. The van der Waals surface area contributed by atoms with Crippen LogP contribution in [0, 0.1) is 0 Å². The maximum absolute atomic E-state index is 5.90. The summed E-state index contributed by atoms with van der Waals surface area (Å²) in [6.45, 7) is 0.716. The second kappa shape index (κ2) is 3.35. The molecule has 0 amide bonds. The highest BCUT2D eigenvalue weighted by Gasteiger charge is 2.19. The number of nitrogens with two attached hydrogens (primary N) is 1. The van der Waals surface area contributed by atoms with Crippen LogP contribution in [0.1, 0.15) is 12.1 Å². The van der Waals surface area contributed by atoms with Crippen molar-refractivity contribution >= 4 is 33.3 Å². The van der Waals surface area contributed by atoms with Gasteiger partial charge in [-0.3, -0.25) is 0 Å². The van der Waals surface area contributed by atoms with E-state index in [1.165, 1.54) is 0 Å². The Balaban J connectivity index is 2.60. The van der Waals surface area contributed by atoms with Crippen molar-refractivity contribution in [3.8, 4) is 5.75 Å². The minimum atomic E-state index is 0.359. The lowest BCUT2D eigenvalue weighted by atomic mass is 10.1. The summed E-state index contributed by atoms with van der Waals surface area (Å²) < 4.78 is 6.16. The Hall–Kier alpha value is -0.480. The molecule has 1 aromatic rings. The van der Waals surface area contributed by atoms with Crippen LogP contribution < -0.4 is 10.5 Å². The van der Waals surface area contributed by atoms with E-state index in [9.17, 15) is 0 Å². The fourth-order valence-electron chi connectivity index (χ4n) is 1.31. The largest absolute Gasteiger partial charge is 0.490 e. The van der Waals surface area contributed by atoms with Crippen molar-refractivity contribution in [1.29, 1.82) is 0 Å². The fourth-order valence-corrected chi connectivity index (χ4v) is 1.99. The summed E-state index contributed by atoms with van der Waals surface area (Å²) in [6, 6.07) is 0. The van der Waals surface area contributed by atoms with E-state index in [1.807, 2.05) is 0 Å². The molecule has 70 valence electrons. The summed E-state index contributed by atoms with van der Waals surface area (Å²) in [6.07, 6.45) is 1.88. The molecule has 0 aliphatic carbocycles. The first-order chi connectivity index (χ1) is 6.20. The van der Waals surface area contributed by atoms with Crippen LogP contribution in [0.4, 0.5) is 5.82 Å². The number of rotatable bonds is 0. The zero-order valence-corrected chi connectivity index (χ0v) is 9.15. The Bertz CT molecular complexity index is 356. The number of aryl methyl sites for hydroxylation is 1. The Morgan fingerprint density at radius 1 is 1.54 bits per heavy atom. The number of ether oxygens (including phenoxy) is 1. The SMILES string of the molecule is Nc1nc2c(c(Br)c1Cl)OCCC2. The summed E-state index contributed by atoms with van der Waals surface area (Å²) in [7, 11) is 0. The maximum Gasteiger partial charge on any atom is 0.156 e. The van der Waals surface area contributed by atoms with Gasteiger partial charge in [0.25, 0.3) is 0 Å². The van der Waals surface area contributed by atoms with Crippen LogP contribution >= 0.6 is 27.5 Å². The van der Waals surface area contributed by atoms with Gasteiger partial charge in [-0.25, -0.2) is 4.98 Å². The van der Waals surface area contributed by atoms with Crippen LogP contribution in [0.25, 0.3) is 0 Å². The first-order valence-electron chi connectivity index (χ1n) is 3.96. The maximum atomic E-state index is 5.90. The quantitative estimate of drug-likeness (QED) is 0.782. The lowest BCUT2D eigenvalue weighted by molar-refractivity contribution is 0.283. The number of anilines is 1. The van der Waals surface area contributed by atoms with Crippen LogP contribution in [0.2, 0.25) is 5.02 Å². The molecule has 0 spiro atoms. The zero-order valence-electron chi connectivity index (χ0n) is 6.81. The van der Waals surface area contributed by atoms with Crippen molar-refractivity contribution in [3.63, 3.8) is 0 Å². The van der Waals surface area contributed by atoms with Crippen LogP contribution in [0.3, 0.4) is 0 Å². The van der Waals surface area contributed by atoms with E-state index in [2.05, 4.69) is 20.9 Å². The van der Waals surface area contributed by atoms with Gasteiger partial charge in [0.1, 0.15) is 10.8 Å². The van der Waals surface area contributed by atoms with Crippen LogP contribution in [0.5, 0.6) is 5.75 Å². The molecule has 2 N–H and O–H groups in total. The highest BCUT2D eigenvalue weighted by Crippen LogP contribution is 2.39. The smallest absolute Gasteiger partial charge is 0.156 e. The lowest BCUT2D eigenvalue weighted by Crippen LogP contribution is -2.12. The molecule has 2 rings (SSSR count). The summed E-state index contributed by atoms with van der Waals surface area (Å²) >= 11 is 9.24. The third-order valence-corrected chi connectivity index (χ3v) is 3.31. The van der Waals surface area contributed by atoms with Crippen molar-refractivity contribution in [2.24, 2.45) is 0 Å². The van der Waals surface area contributed by atoms with Gasteiger partial charge in [0.05, 0.1) is 16.8 Å². The first kappa shape index (κ1) is 9.09. The van der Waals surface area contributed by atoms with E-state index < -0.39 is 0 Å². The molecule has 0 saturated heterocycles. The van der Waals surface area contributed by atoms with E-state index in [0.29, 0.717) is 17.4 Å². The molecule has 2 heterocycles. The predicted molar refractivity (Wildman–Crippen MR) is 55.2 cm³/mol. The lowest BCUT2D eigenvalue weighted by Gasteiger charge is -2.18. The monoisotopic (exact) mass is 262 g/mol. The molecule has 1 aliphatic heterocycles. The van der Waals surface area contributed by atoms with E-state index in [0.717, 1.165) is 28.8 Å². The fraction of sp³-hybridized carbons (Fsp3) is 0.375. The molecule has 0 fully saturated rings. The van der Waals surface area contributed by atoms with Crippen molar-refractivity contribution in [1.82, 2.24) is 4.98 Å². The third-order valence-electron chi connectivity index (χ3n) is 1.94. The van der Waals surface area contributed by atoms with Crippen LogP contribution in [-0.4, -0.2) is 11.6 Å². The Morgan fingerprint density at radius 2 is 2.31 bits per heavy atom. The second-order valence-electron chi connectivity index (χ2n) is 2.85. The van der Waals surface area contributed by atoms with Crippen molar-refractivity contribution in [2.75, 3.05) is 12.3 Å². The number of hydrogen-bond acceptors (Lipinski definition) is 3. The number of pyridine rings is 1. The van der Waals surface area contributed by atoms with Gasteiger partial charge < -0.3 is 10.5 Å². The van der Waals surface area contributed by atoms with Gasteiger partial charge in [-0.1, -0.05) is 11.6 Å². The van der Waals surface area contributed by atoms with E-state index >= 15 is 0 Å². The van der Waals surface area contributed by atoms with E-state index in [-0.39, 0.29) is 0 Å². The molecule has 1 aromatic heterocycles. The molecule has 3 nitrogen and oxygen atoms in total. The average Bonchev–Trinajstić information content (AvgIpc) is 2.15. The number of hydrogen-bond donors (Lipinski definition) is 1. The summed E-state index contributed by atoms with van der Waals surface area (Å²) in [5.74, 6) is 1.10. The highest BCUT2D eigenvalue weighted by atomic mass is 79.9. The molecule has 0 unspecified atom stereocenters. The van der Waals surface area contributed by atoms with Gasteiger partial charge in [-0.15, -0.1) is 0 Å².